The number of hydrogen-bond donors (Lipinski definition) is 1. The molecule has 1 fully saturated rings. The van der Waals surface area contributed by atoms with E-state index in [-0.39, 0.29) is 18.4 Å². The van der Waals surface area contributed by atoms with E-state index < -0.39 is 12.3 Å². The third-order valence-corrected chi connectivity index (χ3v) is 2.20. The van der Waals surface area contributed by atoms with E-state index in [1.54, 1.807) is 0 Å². The molecule has 0 amide bonds. The van der Waals surface area contributed by atoms with E-state index in [1.807, 2.05) is 13.8 Å². The minimum Gasteiger partial charge on any atom is -0.311 e. The van der Waals surface area contributed by atoms with Crippen molar-refractivity contribution in [1.82, 2.24) is 5.32 Å². The molecule has 0 bridgehead atoms. The van der Waals surface area contributed by atoms with Crippen LogP contribution in [-0.2, 0) is 0 Å². The van der Waals surface area contributed by atoms with E-state index in [0.29, 0.717) is 12.5 Å². The van der Waals surface area contributed by atoms with E-state index in [0.717, 1.165) is 6.42 Å². The fraction of sp³-hybridized carbons (Fsp3) is 1.00. The van der Waals surface area contributed by atoms with E-state index in [1.165, 1.54) is 0 Å². The lowest BCUT2D eigenvalue weighted by Gasteiger charge is -2.37. The predicted octanol–water partition coefficient (Wildman–Crippen LogP) is 2.45. The number of nitrogens with one attached hydrogen (secondary N) is 1. The van der Waals surface area contributed by atoms with Gasteiger partial charge in [-0.1, -0.05) is 13.8 Å². The molecule has 2 atom stereocenters. The van der Waals surface area contributed by atoms with E-state index >= 15 is 0 Å². The summed E-state index contributed by atoms with van der Waals surface area (Å²) in [6, 6.07) is 0.386. The Bertz CT molecular complexity index is 130. The van der Waals surface area contributed by atoms with E-state index in [9.17, 15) is 8.78 Å². The SMILES string of the molecule is CC(C)N[C@H]1CC[C@@H]1C(F)F.Cl. The number of hydrogen-bond acceptors (Lipinski definition) is 1. The van der Waals surface area contributed by atoms with Gasteiger partial charge in [0.1, 0.15) is 0 Å². The summed E-state index contributed by atoms with van der Waals surface area (Å²) in [7, 11) is 0. The molecule has 1 N–H and O–H groups in total. The number of rotatable bonds is 3. The summed E-state index contributed by atoms with van der Waals surface area (Å²) in [5.41, 5.74) is 0. The van der Waals surface area contributed by atoms with E-state index in [4.69, 9.17) is 0 Å². The smallest absolute Gasteiger partial charge is 0.242 e. The summed E-state index contributed by atoms with van der Waals surface area (Å²) in [5, 5.41) is 3.13. The standard InChI is InChI=1S/C8H15F2N.ClH/c1-5(2)11-7-4-3-6(7)8(9)10;/h5-8,11H,3-4H2,1-2H3;1H/t6-,7-;/m0./s1. The maximum absolute atomic E-state index is 12.1. The molecule has 1 aliphatic rings. The highest BCUT2D eigenvalue weighted by molar-refractivity contribution is 5.85. The second-order valence-corrected chi connectivity index (χ2v) is 3.50. The Hall–Kier alpha value is 0.110. The predicted molar refractivity (Wildman–Crippen MR) is 48.0 cm³/mol. The van der Waals surface area contributed by atoms with Crippen molar-refractivity contribution >= 4 is 12.4 Å². The van der Waals surface area contributed by atoms with Crippen LogP contribution < -0.4 is 5.32 Å². The Morgan fingerprint density at radius 1 is 1.25 bits per heavy atom. The molecule has 12 heavy (non-hydrogen) atoms. The fourth-order valence-corrected chi connectivity index (χ4v) is 1.46. The summed E-state index contributed by atoms with van der Waals surface area (Å²) in [6.07, 6.45) is -0.546. The zero-order chi connectivity index (χ0) is 8.43. The Balaban J connectivity index is 0.00000121. The molecule has 1 nitrogen and oxygen atoms in total. The first-order valence-corrected chi connectivity index (χ1v) is 4.15. The molecule has 0 aromatic carbocycles. The van der Waals surface area contributed by atoms with Crippen LogP contribution in [0.3, 0.4) is 0 Å². The van der Waals surface area contributed by atoms with Crippen LogP contribution >= 0.6 is 12.4 Å². The van der Waals surface area contributed by atoms with Gasteiger partial charge in [0, 0.05) is 18.0 Å². The zero-order valence-corrected chi connectivity index (χ0v) is 8.20. The second kappa shape index (κ2) is 4.97. The number of halogens is 3. The summed E-state index contributed by atoms with van der Waals surface area (Å²) in [6.45, 7) is 3.97. The van der Waals surface area contributed by atoms with Crippen molar-refractivity contribution in [2.24, 2.45) is 5.92 Å². The van der Waals surface area contributed by atoms with Gasteiger partial charge in [0.05, 0.1) is 0 Å². The third kappa shape index (κ3) is 2.87. The molecule has 0 aliphatic heterocycles. The van der Waals surface area contributed by atoms with Crippen molar-refractivity contribution in [1.29, 1.82) is 0 Å². The van der Waals surface area contributed by atoms with Crippen molar-refractivity contribution in [3.05, 3.63) is 0 Å². The van der Waals surface area contributed by atoms with Crippen molar-refractivity contribution in [3.8, 4) is 0 Å². The van der Waals surface area contributed by atoms with Crippen LogP contribution in [0.25, 0.3) is 0 Å². The summed E-state index contributed by atoms with van der Waals surface area (Å²) < 4.78 is 24.3. The minimum atomic E-state index is -2.14. The molecule has 1 rings (SSSR count). The number of alkyl halides is 2. The van der Waals surface area contributed by atoms with E-state index in [2.05, 4.69) is 5.32 Å². The molecule has 0 saturated heterocycles. The van der Waals surface area contributed by atoms with Gasteiger partial charge in [-0.3, -0.25) is 0 Å². The highest BCUT2D eigenvalue weighted by atomic mass is 35.5. The maximum Gasteiger partial charge on any atom is 0.242 e. The quantitative estimate of drug-likeness (QED) is 0.737. The van der Waals surface area contributed by atoms with Crippen LogP contribution in [0.15, 0.2) is 0 Å². The first kappa shape index (κ1) is 12.1. The van der Waals surface area contributed by atoms with Crippen LogP contribution in [0.2, 0.25) is 0 Å². The molecule has 0 unspecified atom stereocenters. The summed E-state index contributed by atoms with van der Waals surface area (Å²) >= 11 is 0. The molecule has 74 valence electrons. The molecule has 0 spiro atoms. The second-order valence-electron chi connectivity index (χ2n) is 3.50. The average Bonchev–Trinajstić information content (AvgIpc) is 1.78. The van der Waals surface area contributed by atoms with Crippen LogP contribution in [-0.4, -0.2) is 18.5 Å². The van der Waals surface area contributed by atoms with Crippen molar-refractivity contribution in [2.75, 3.05) is 0 Å². The van der Waals surface area contributed by atoms with Crippen LogP contribution in [0.4, 0.5) is 8.78 Å². The van der Waals surface area contributed by atoms with Crippen LogP contribution in [0.1, 0.15) is 26.7 Å². The van der Waals surface area contributed by atoms with Gasteiger partial charge in [-0.05, 0) is 12.8 Å². The van der Waals surface area contributed by atoms with Gasteiger partial charge in [0.2, 0.25) is 6.43 Å². The van der Waals surface area contributed by atoms with Gasteiger partial charge >= 0.3 is 0 Å². The lowest BCUT2D eigenvalue weighted by molar-refractivity contribution is 0.00510. The average molecular weight is 200 g/mol. The Kier molecular flexibility index (Phi) is 5.02. The van der Waals surface area contributed by atoms with Crippen molar-refractivity contribution in [3.63, 3.8) is 0 Å². The Morgan fingerprint density at radius 3 is 2.08 bits per heavy atom. The van der Waals surface area contributed by atoms with Gasteiger partial charge in [-0.2, -0.15) is 0 Å². The molecule has 1 saturated carbocycles. The maximum atomic E-state index is 12.1. The fourth-order valence-electron chi connectivity index (χ4n) is 1.46. The van der Waals surface area contributed by atoms with Gasteiger partial charge in [-0.15, -0.1) is 12.4 Å². The monoisotopic (exact) mass is 199 g/mol. The lowest BCUT2D eigenvalue weighted by Crippen LogP contribution is -2.49. The van der Waals surface area contributed by atoms with Gasteiger partial charge in [-0.25, -0.2) is 8.78 Å². The largest absolute Gasteiger partial charge is 0.311 e. The topological polar surface area (TPSA) is 12.0 Å². The molecule has 0 heterocycles. The highest BCUT2D eigenvalue weighted by Crippen LogP contribution is 2.32. The molecular weight excluding hydrogens is 184 g/mol. The third-order valence-electron chi connectivity index (χ3n) is 2.20. The summed E-state index contributed by atoms with van der Waals surface area (Å²) in [4.78, 5) is 0. The van der Waals surface area contributed by atoms with Crippen molar-refractivity contribution < 1.29 is 8.78 Å². The first-order chi connectivity index (χ1) is 5.11. The van der Waals surface area contributed by atoms with Crippen LogP contribution in [0.5, 0.6) is 0 Å². The normalized spacial score (nSPS) is 28.5. The van der Waals surface area contributed by atoms with Crippen LogP contribution in [0, 0.1) is 5.92 Å². The Labute approximate surface area is 78.3 Å². The molecule has 0 radical (unpaired) electrons. The lowest BCUT2D eigenvalue weighted by atomic mass is 9.79. The molecule has 0 aromatic heterocycles. The first-order valence-electron chi connectivity index (χ1n) is 4.15. The summed E-state index contributed by atoms with van der Waals surface area (Å²) in [5.74, 6) is -0.391. The molecule has 0 aromatic rings. The Morgan fingerprint density at radius 2 is 1.83 bits per heavy atom. The van der Waals surface area contributed by atoms with Gasteiger partial charge < -0.3 is 5.32 Å². The molecule has 1 aliphatic carbocycles. The minimum absolute atomic E-state index is 0. The molecular formula is C8H16ClF2N. The van der Waals surface area contributed by atoms with Crippen molar-refractivity contribution in [2.45, 2.75) is 45.2 Å². The molecule has 4 heteroatoms. The van der Waals surface area contributed by atoms with Gasteiger partial charge in [0.15, 0.2) is 0 Å². The zero-order valence-electron chi connectivity index (χ0n) is 7.39. The van der Waals surface area contributed by atoms with Gasteiger partial charge in [0.25, 0.3) is 0 Å². The highest BCUT2D eigenvalue weighted by Gasteiger charge is 2.37.